The number of carbonyl (C=O) groups excluding carboxylic acids is 5. The summed E-state index contributed by atoms with van der Waals surface area (Å²) < 4.78 is 56.9. The van der Waals surface area contributed by atoms with Gasteiger partial charge in [0.25, 0.3) is 11.8 Å². The number of anilines is 3. The lowest BCUT2D eigenvalue weighted by molar-refractivity contribution is -0.142. The van der Waals surface area contributed by atoms with E-state index in [1.54, 1.807) is 76.9 Å². The topological polar surface area (TPSA) is 181 Å². The van der Waals surface area contributed by atoms with Crippen LogP contribution in [0.25, 0.3) is 21.7 Å². The van der Waals surface area contributed by atoms with Crippen molar-refractivity contribution in [2.24, 2.45) is 5.41 Å². The second-order valence-electron chi connectivity index (χ2n) is 19.8. The van der Waals surface area contributed by atoms with Crippen LogP contribution < -0.4 is 25.8 Å². The molecule has 3 N–H and O–H groups in total. The minimum Gasteiger partial charge on any atom is -0.350 e. The van der Waals surface area contributed by atoms with Gasteiger partial charge in [-0.15, -0.1) is 11.3 Å². The summed E-state index contributed by atoms with van der Waals surface area (Å²) in [4.78, 5) is 81.6. The highest BCUT2D eigenvalue weighted by Gasteiger charge is 2.52. The predicted molar refractivity (Wildman–Crippen MR) is 281 cm³/mol. The molecule has 2 atom stereocenters. The van der Waals surface area contributed by atoms with Crippen molar-refractivity contribution in [2.45, 2.75) is 91.1 Å². The van der Waals surface area contributed by atoms with Crippen molar-refractivity contribution in [1.29, 1.82) is 5.26 Å². The third-order valence-electron chi connectivity index (χ3n) is 13.1. The number of benzene rings is 4. The predicted octanol–water partition coefficient (Wildman–Crippen LogP) is 9.76. The Kier molecular flexibility index (Phi) is 15.1. The van der Waals surface area contributed by atoms with Crippen LogP contribution in [0.15, 0.2) is 109 Å². The van der Waals surface area contributed by atoms with Gasteiger partial charge in [-0.25, -0.2) is 9.37 Å². The van der Waals surface area contributed by atoms with Crippen LogP contribution in [0.5, 0.6) is 0 Å². The second-order valence-corrected chi connectivity index (χ2v) is 21.0. The number of halogens is 4. The Morgan fingerprint density at radius 3 is 2.17 bits per heavy atom. The molecule has 2 saturated heterocycles. The van der Waals surface area contributed by atoms with Crippen molar-refractivity contribution in [3.63, 3.8) is 0 Å². The van der Waals surface area contributed by atoms with Crippen LogP contribution in [0, 0.1) is 29.5 Å². The molecule has 4 heterocycles. The van der Waals surface area contributed by atoms with E-state index in [0.717, 1.165) is 33.8 Å². The number of amides is 5. The van der Waals surface area contributed by atoms with E-state index in [1.807, 2.05) is 57.5 Å². The van der Waals surface area contributed by atoms with Crippen molar-refractivity contribution in [2.75, 3.05) is 21.7 Å². The molecule has 8 rings (SSSR count). The largest absolute Gasteiger partial charge is 0.420 e. The van der Waals surface area contributed by atoms with Crippen LogP contribution in [0.2, 0.25) is 0 Å². The molecule has 6 aromatic rings. The molecule has 0 saturated carbocycles. The first kappa shape index (κ1) is 53.4. The summed E-state index contributed by atoms with van der Waals surface area (Å²) in [6.45, 7) is 11.2. The molecule has 75 heavy (non-hydrogen) atoms. The summed E-state index contributed by atoms with van der Waals surface area (Å²) in [7, 11) is 0. The van der Waals surface area contributed by atoms with Gasteiger partial charge in [-0.2, -0.15) is 18.4 Å². The maximum absolute atomic E-state index is 15.5. The first-order chi connectivity index (χ1) is 35.5. The Balaban J connectivity index is 0.845. The molecular formula is C55H51F4N9O5S2. The van der Waals surface area contributed by atoms with E-state index < -0.39 is 63.7 Å². The summed E-state index contributed by atoms with van der Waals surface area (Å²) in [5.74, 6) is -3.99. The van der Waals surface area contributed by atoms with E-state index >= 15 is 4.39 Å². The number of alkyl halides is 3. The van der Waals surface area contributed by atoms with Crippen molar-refractivity contribution in [3.8, 4) is 27.8 Å². The summed E-state index contributed by atoms with van der Waals surface area (Å²) in [6.07, 6.45) is -2.66. The van der Waals surface area contributed by atoms with E-state index in [-0.39, 0.29) is 34.8 Å². The highest BCUT2D eigenvalue weighted by Crippen LogP contribution is 2.42. The van der Waals surface area contributed by atoms with E-state index in [2.05, 4.69) is 25.9 Å². The Morgan fingerprint density at radius 1 is 0.907 bits per heavy atom. The molecule has 2 aliphatic rings. The van der Waals surface area contributed by atoms with Crippen LogP contribution in [-0.2, 0) is 38.3 Å². The number of carbonyl (C=O) groups is 5. The molecule has 2 aliphatic heterocycles. The van der Waals surface area contributed by atoms with Gasteiger partial charge < -0.3 is 25.8 Å². The summed E-state index contributed by atoms with van der Waals surface area (Å²) in [5.41, 5.74) is 1.98. The number of hydrogen-bond acceptors (Lipinski definition) is 10. The number of pyridine rings is 1. The number of nitriles is 1. The van der Waals surface area contributed by atoms with Crippen molar-refractivity contribution in [1.82, 2.24) is 25.5 Å². The number of thiocarbonyl (C=S) groups is 1. The Bertz CT molecular complexity index is 3240. The van der Waals surface area contributed by atoms with Crippen molar-refractivity contribution in [3.05, 3.63) is 148 Å². The number of nitrogens with zero attached hydrogens (tertiary/aromatic N) is 6. The number of thiazole rings is 1. The average Bonchev–Trinajstić information content (AvgIpc) is 4.10. The molecule has 20 heteroatoms. The maximum atomic E-state index is 15.5. The van der Waals surface area contributed by atoms with Gasteiger partial charge >= 0.3 is 6.18 Å². The Hall–Kier alpha value is -7.89. The Labute approximate surface area is 439 Å². The lowest BCUT2D eigenvalue weighted by Gasteiger charge is -2.35. The highest BCUT2D eigenvalue weighted by atomic mass is 32.1. The van der Waals surface area contributed by atoms with E-state index in [9.17, 15) is 42.4 Å². The maximum Gasteiger partial charge on any atom is 0.420 e. The van der Waals surface area contributed by atoms with E-state index in [0.29, 0.717) is 59.0 Å². The molecule has 386 valence electrons. The van der Waals surface area contributed by atoms with Gasteiger partial charge in [-0.3, -0.25) is 33.9 Å². The molecule has 2 aromatic heterocycles. The van der Waals surface area contributed by atoms with Crippen molar-refractivity contribution < 1.29 is 41.5 Å². The molecule has 4 aromatic carbocycles. The van der Waals surface area contributed by atoms with Gasteiger partial charge in [0.15, 0.2) is 10.9 Å². The van der Waals surface area contributed by atoms with Crippen LogP contribution in [0.1, 0.15) is 85.8 Å². The van der Waals surface area contributed by atoms with Crippen LogP contribution in [-0.4, -0.2) is 73.7 Å². The minimum atomic E-state index is -5.21. The third-order valence-corrected chi connectivity index (χ3v) is 14.5. The zero-order valence-corrected chi connectivity index (χ0v) is 43.3. The van der Waals surface area contributed by atoms with Gasteiger partial charge in [0.05, 0.1) is 57.4 Å². The highest BCUT2D eigenvalue weighted by molar-refractivity contribution is 7.81. The summed E-state index contributed by atoms with van der Waals surface area (Å²) >= 11 is 7.11. The normalized spacial score (nSPS) is 15.9. The van der Waals surface area contributed by atoms with Gasteiger partial charge in [0, 0.05) is 29.9 Å². The van der Waals surface area contributed by atoms with E-state index in [4.69, 9.17) is 12.2 Å². The quantitative estimate of drug-likeness (QED) is 0.0745. The van der Waals surface area contributed by atoms with Crippen LogP contribution in [0.3, 0.4) is 0 Å². The van der Waals surface area contributed by atoms with Gasteiger partial charge in [0.2, 0.25) is 17.7 Å². The van der Waals surface area contributed by atoms with Crippen LogP contribution in [0.4, 0.5) is 34.6 Å². The lowest BCUT2D eigenvalue weighted by atomic mass is 9.85. The molecule has 0 aliphatic carbocycles. The molecule has 5 amide bonds. The van der Waals surface area contributed by atoms with Gasteiger partial charge in [0.1, 0.15) is 23.2 Å². The molecular weight excluding hydrogens is 1010 g/mol. The molecule has 0 bridgehead atoms. The monoisotopic (exact) mass is 1060 g/mol. The standard InChI is InChI=1S/C55H51F4N9O5S2/c1-31-46(75-30-63-31)35-13-11-33(12-14-35)28-62-49(71)42-8-7-25-66(42)50(72)47(53(2,3)4)65-48(70)36-15-9-32(10-16-36)26-43(69)64-38-20-17-34(18-21-38)40-23-22-39(29-61-40)68-52(74)67(51(73)54(68,5)6)41-24-19-37(27-60)44(45(41)56)55(57,58)59/h9-24,29-30,42,47H,7-8,25-26,28H2,1-6H3,(H,62,71)(H,64,69)(H,65,70). The fourth-order valence-electron chi connectivity index (χ4n) is 9.12. The Morgan fingerprint density at radius 2 is 1.57 bits per heavy atom. The van der Waals surface area contributed by atoms with Crippen molar-refractivity contribution >= 4 is 75.3 Å². The SMILES string of the molecule is Cc1ncsc1-c1ccc(CNC(=O)C2CCCN2C(=O)C(NC(=O)c2ccc(CC(=O)Nc3ccc(-c4ccc(N5C(=S)N(c6ccc(C#N)c(C(F)(F)F)c6F)C(=O)C5(C)C)cn4)cc3)cc2)C(C)(C)C)cc1. The molecule has 0 radical (unpaired) electrons. The number of likely N-dealkylation sites (tertiary alicyclic amines) is 1. The first-order valence-electron chi connectivity index (χ1n) is 23.8. The number of rotatable bonds is 13. The smallest absolute Gasteiger partial charge is 0.350 e. The average molecular weight is 1060 g/mol. The fraction of sp³-hybridized carbons (Fsp3) is 0.291. The fourth-order valence-corrected chi connectivity index (χ4v) is 10.4. The number of hydrogen-bond donors (Lipinski definition) is 3. The molecule has 2 fully saturated rings. The third kappa shape index (κ3) is 11.1. The van der Waals surface area contributed by atoms with Crippen LogP contribution >= 0.6 is 23.6 Å². The summed E-state index contributed by atoms with van der Waals surface area (Å²) in [5, 5.41) is 17.7. The molecule has 14 nitrogen and oxygen atoms in total. The number of nitrogens with one attached hydrogen (secondary N) is 3. The zero-order chi connectivity index (χ0) is 54.1. The first-order valence-corrected chi connectivity index (χ1v) is 25.1. The zero-order valence-electron chi connectivity index (χ0n) is 41.6. The molecule has 0 spiro atoms. The van der Waals surface area contributed by atoms with E-state index in [1.165, 1.54) is 31.0 Å². The van der Waals surface area contributed by atoms with Gasteiger partial charge in [-0.05, 0) is 116 Å². The minimum absolute atomic E-state index is 0.0119. The van der Waals surface area contributed by atoms with Gasteiger partial charge in [-0.1, -0.05) is 69.3 Å². The number of aromatic nitrogens is 2. The molecule has 2 unspecified atom stereocenters. The number of aryl methyl sites for hydroxylation is 1. The second kappa shape index (κ2) is 21.2. The summed E-state index contributed by atoms with van der Waals surface area (Å²) in [6, 6.07) is 25.9. The lowest BCUT2D eigenvalue weighted by Crippen LogP contribution is -2.57.